The zero-order valence-corrected chi connectivity index (χ0v) is 16.8. The maximum Gasteiger partial charge on any atom is 0.246 e. The van der Waals surface area contributed by atoms with Crippen LogP contribution in [-0.4, -0.2) is 23.3 Å². The number of ether oxygens (including phenoxy) is 1. The number of anilines is 1. The monoisotopic (exact) mass is 401 g/mol. The Balaban J connectivity index is 1.46. The minimum Gasteiger partial charge on any atom is -0.455 e. The molecule has 152 valence electrons. The van der Waals surface area contributed by atoms with Crippen molar-refractivity contribution in [2.75, 3.05) is 11.4 Å². The lowest BCUT2D eigenvalue weighted by molar-refractivity contribution is -0.125. The van der Waals surface area contributed by atoms with Gasteiger partial charge in [0.2, 0.25) is 11.8 Å². The van der Waals surface area contributed by atoms with Crippen LogP contribution in [0.5, 0.6) is 11.5 Å². The number of rotatable bonds is 5. The van der Waals surface area contributed by atoms with Gasteiger partial charge in [-0.05, 0) is 54.8 Å². The van der Waals surface area contributed by atoms with Crippen LogP contribution in [0, 0.1) is 6.92 Å². The van der Waals surface area contributed by atoms with Gasteiger partial charge in [0.25, 0.3) is 0 Å². The molecule has 0 unspecified atom stereocenters. The largest absolute Gasteiger partial charge is 0.455 e. The molecule has 0 saturated heterocycles. The third-order valence-electron chi connectivity index (χ3n) is 5.05. The molecule has 1 N–H and O–H groups in total. The zero-order chi connectivity index (χ0) is 20.9. The van der Waals surface area contributed by atoms with Gasteiger partial charge < -0.3 is 15.0 Å². The van der Waals surface area contributed by atoms with E-state index in [1.165, 1.54) is 0 Å². The van der Waals surface area contributed by atoms with Gasteiger partial charge in [0.1, 0.15) is 5.75 Å². The molecule has 4 rings (SSSR count). The van der Waals surface area contributed by atoms with Crippen LogP contribution in [0.15, 0.2) is 67.0 Å². The predicted molar refractivity (Wildman–Crippen MR) is 114 cm³/mol. The van der Waals surface area contributed by atoms with Gasteiger partial charge in [-0.25, -0.2) is 0 Å². The van der Waals surface area contributed by atoms with Crippen molar-refractivity contribution in [3.05, 3.63) is 83.7 Å². The quantitative estimate of drug-likeness (QED) is 0.706. The van der Waals surface area contributed by atoms with E-state index in [1.54, 1.807) is 17.3 Å². The highest BCUT2D eigenvalue weighted by atomic mass is 16.5. The number of hydrogen-bond donors (Lipinski definition) is 1. The normalized spacial score (nSPS) is 12.2. The summed E-state index contributed by atoms with van der Waals surface area (Å²) in [6, 6.07) is 17.2. The number of carbonyl (C=O) groups is 2. The van der Waals surface area contributed by atoms with Crippen molar-refractivity contribution in [3.63, 3.8) is 0 Å². The van der Waals surface area contributed by atoms with Crippen LogP contribution in [0.25, 0.3) is 0 Å². The average molecular weight is 401 g/mol. The fraction of sp³-hybridized carbons (Fsp3) is 0.208. The summed E-state index contributed by atoms with van der Waals surface area (Å²) in [4.78, 5) is 31.0. The first-order chi connectivity index (χ1) is 14.6. The van der Waals surface area contributed by atoms with E-state index < -0.39 is 0 Å². The van der Waals surface area contributed by atoms with Crippen LogP contribution in [0.4, 0.5) is 5.69 Å². The van der Waals surface area contributed by atoms with E-state index in [4.69, 9.17) is 4.74 Å². The maximum absolute atomic E-state index is 13.1. The molecule has 0 aliphatic carbocycles. The number of nitrogens with zero attached hydrogens (tertiary/aromatic N) is 2. The molecule has 0 atom stereocenters. The number of benzene rings is 2. The summed E-state index contributed by atoms with van der Waals surface area (Å²) in [7, 11) is 0. The van der Waals surface area contributed by atoms with Gasteiger partial charge in [-0.2, -0.15) is 0 Å². The molecule has 1 aliphatic rings. The fourth-order valence-electron chi connectivity index (χ4n) is 3.42. The molecule has 3 aromatic rings. The van der Waals surface area contributed by atoms with E-state index in [0.717, 1.165) is 22.4 Å². The molecule has 0 fully saturated rings. The van der Waals surface area contributed by atoms with Crippen molar-refractivity contribution >= 4 is 17.5 Å². The van der Waals surface area contributed by atoms with E-state index in [1.807, 2.05) is 61.5 Å². The molecule has 0 bridgehead atoms. The molecule has 2 aromatic carbocycles. The van der Waals surface area contributed by atoms with Crippen molar-refractivity contribution in [2.45, 2.75) is 26.3 Å². The lowest BCUT2D eigenvalue weighted by Gasteiger charge is -2.22. The van der Waals surface area contributed by atoms with E-state index in [-0.39, 0.29) is 18.4 Å². The summed E-state index contributed by atoms with van der Waals surface area (Å²) in [6.45, 7) is 2.30. The molecule has 1 aromatic heterocycles. The van der Waals surface area contributed by atoms with Gasteiger partial charge in [-0.3, -0.25) is 14.6 Å². The second-order valence-electron chi connectivity index (χ2n) is 7.29. The smallest absolute Gasteiger partial charge is 0.246 e. The number of amides is 2. The van der Waals surface area contributed by atoms with Gasteiger partial charge in [0.15, 0.2) is 5.75 Å². The summed E-state index contributed by atoms with van der Waals surface area (Å²) in [5.41, 5.74) is 3.70. The Bertz CT molecular complexity index is 1070. The molecular weight excluding hydrogens is 378 g/mol. The van der Waals surface area contributed by atoms with Crippen molar-refractivity contribution in [1.82, 2.24) is 10.3 Å². The van der Waals surface area contributed by atoms with Crippen molar-refractivity contribution in [2.24, 2.45) is 0 Å². The van der Waals surface area contributed by atoms with Crippen molar-refractivity contribution in [3.8, 4) is 11.5 Å². The number of hydrogen-bond acceptors (Lipinski definition) is 4. The number of aryl methyl sites for hydroxylation is 2. The van der Waals surface area contributed by atoms with Gasteiger partial charge in [0, 0.05) is 24.4 Å². The van der Waals surface area contributed by atoms with Crippen LogP contribution in [0.1, 0.15) is 23.1 Å². The third-order valence-corrected chi connectivity index (χ3v) is 5.05. The number of carbonyl (C=O) groups excluding carboxylic acids is 2. The van der Waals surface area contributed by atoms with Gasteiger partial charge >= 0.3 is 0 Å². The second kappa shape index (κ2) is 8.78. The van der Waals surface area contributed by atoms with Crippen LogP contribution >= 0.6 is 0 Å². The number of nitrogens with one attached hydrogen (secondary N) is 1. The number of para-hydroxylation sites is 1. The van der Waals surface area contributed by atoms with Crippen LogP contribution < -0.4 is 15.0 Å². The topological polar surface area (TPSA) is 71.5 Å². The Morgan fingerprint density at radius 1 is 1.07 bits per heavy atom. The minimum atomic E-state index is -0.181. The number of pyridine rings is 1. The summed E-state index contributed by atoms with van der Waals surface area (Å²) in [5, 5.41) is 2.75. The Morgan fingerprint density at radius 2 is 1.87 bits per heavy atom. The molecule has 0 spiro atoms. The van der Waals surface area contributed by atoms with Crippen molar-refractivity contribution in [1.29, 1.82) is 0 Å². The highest BCUT2D eigenvalue weighted by Crippen LogP contribution is 2.39. The number of aromatic nitrogens is 1. The second-order valence-corrected chi connectivity index (χ2v) is 7.29. The molecule has 6 heteroatoms. The third kappa shape index (κ3) is 4.49. The first-order valence-corrected chi connectivity index (χ1v) is 9.92. The molecule has 30 heavy (non-hydrogen) atoms. The van der Waals surface area contributed by atoms with Gasteiger partial charge in [-0.1, -0.05) is 24.3 Å². The Morgan fingerprint density at radius 3 is 2.70 bits per heavy atom. The first-order valence-electron chi connectivity index (χ1n) is 9.92. The summed E-state index contributed by atoms with van der Waals surface area (Å²) >= 11 is 0. The lowest BCUT2D eigenvalue weighted by Crippen LogP contribution is -2.39. The molecule has 6 nitrogen and oxygen atoms in total. The fourth-order valence-corrected chi connectivity index (χ4v) is 3.42. The molecule has 2 amide bonds. The molecule has 0 saturated carbocycles. The Kier molecular flexibility index (Phi) is 5.75. The SMILES string of the molecule is Cc1ccc2c(c1)N(C(=O)CNC(=O)CCc1ccncc1)Cc1ccccc1O2. The predicted octanol–water partition coefficient (Wildman–Crippen LogP) is 3.78. The molecule has 0 radical (unpaired) electrons. The molecule has 1 aliphatic heterocycles. The van der Waals surface area contributed by atoms with Crippen LogP contribution in [0.2, 0.25) is 0 Å². The highest BCUT2D eigenvalue weighted by Gasteiger charge is 2.25. The molecular formula is C24H23N3O3. The number of fused-ring (bicyclic) bond motifs is 2. The lowest BCUT2D eigenvalue weighted by atomic mass is 10.1. The maximum atomic E-state index is 13.1. The summed E-state index contributed by atoms with van der Waals surface area (Å²) in [6.07, 6.45) is 4.33. The minimum absolute atomic E-state index is 0.0648. The highest BCUT2D eigenvalue weighted by molar-refractivity contribution is 5.98. The van der Waals surface area contributed by atoms with E-state index in [0.29, 0.717) is 30.8 Å². The van der Waals surface area contributed by atoms with E-state index in [2.05, 4.69) is 10.3 Å². The standard InChI is InChI=1S/C24H23N3O3/c1-17-6-8-22-20(14-17)27(16-19-4-2-3-5-21(19)30-22)24(29)15-26-23(28)9-7-18-10-12-25-13-11-18/h2-6,8,10-14H,7,9,15-16H2,1H3,(H,26,28). The van der Waals surface area contributed by atoms with Crippen LogP contribution in [-0.2, 0) is 22.6 Å². The Labute approximate surface area is 175 Å². The van der Waals surface area contributed by atoms with E-state index >= 15 is 0 Å². The summed E-state index contributed by atoms with van der Waals surface area (Å²) < 4.78 is 6.06. The van der Waals surface area contributed by atoms with Crippen LogP contribution in [0.3, 0.4) is 0 Å². The molecule has 2 heterocycles. The van der Waals surface area contributed by atoms with Gasteiger partial charge in [-0.15, -0.1) is 0 Å². The Hall–Kier alpha value is -3.67. The zero-order valence-electron chi connectivity index (χ0n) is 16.8. The summed E-state index contributed by atoms with van der Waals surface area (Å²) in [5.74, 6) is 1.03. The first kappa shape index (κ1) is 19.6. The van der Waals surface area contributed by atoms with Crippen molar-refractivity contribution < 1.29 is 14.3 Å². The van der Waals surface area contributed by atoms with Gasteiger partial charge in [0.05, 0.1) is 18.8 Å². The van der Waals surface area contributed by atoms with E-state index in [9.17, 15) is 9.59 Å². The average Bonchev–Trinajstić information content (AvgIpc) is 2.93.